The van der Waals surface area contributed by atoms with Crippen LogP contribution in [0.5, 0.6) is 11.5 Å². The number of anilines is 1. The predicted octanol–water partition coefficient (Wildman–Crippen LogP) is 2.10. The molecule has 0 saturated heterocycles. The van der Waals surface area contributed by atoms with E-state index in [0.717, 1.165) is 28.3 Å². The van der Waals surface area contributed by atoms with Gasteiger partial charge in [0.2, 0.25) is 6.79 Å². The summed E-state index contributed by atoms with van der Waals surface area (Å²) >= 11 is 0. The van der Waals surface area contributed by atoms with Gasteiger partial charge in [-0.2, -0.15) is 4.80 Å². The van der Waals surface area contributed by atoms with Crippen molar-refractivity contribution in [1.82, 2.24) is 34.9 Å². The van der Waals surface area contributed by atoms with Gasteiger partial charge in [-0.15, -0.1) is 10.2 Å². The van der Waals surface area contributed by atoms with E-state index in [-0.39, 0.29) is 12.8 Å². The van der Waals surface area contributed by atoms with Gasteiger partial charge in [-0.1, -0.05) is 6.07 Å². The van der Waals surface area contributed by atoms with Crippen LogP contribution in [0.15, 0.2) is 42.7 Å². The Morgan fingerprint density at radius 3 is 2.87 bits per heavy atom. The van der Waals surface area contributed by atoms with Gasteiger partial charge in [-0.05, 0) is 47.5 Å². The largest absolute Gasteiger partial charge is 0.454 e. The number of carbonyl (C=O) groups is 1. The van der Waals surface area contributed by atoms with E-state index in [1.165, 1.54) is 4.80 Å². The summed E-state index contributed by atoms with van der Waals surface area (Å²) in [6.07, 6.45) is 4.21. The molecule has 31 heavy (non-hydrogen) atoms. The van der Waals surface area contributed by atoms with Gasteiger partial charge in [0.15, 0.2) is 23.1 Å². The van der Waals surface area contributed by atoms with Crippen molar-refractivity contribution >= 4 is 17.5 Å². The number of nitrogens with one attached hydrogen (secondary N) is 2. The van der Waals surface area contributed by atoms with E-state index < -0.39 is 0 Å². The zero-order valence-corrected chi connectivity index (χ0v) is 16.8. The number of ether oxygens (including phenoxy) is 2. The van der Waals surface area contributed by atoms with Crippen LogP contribution in [-0.4, -0.2) is 49.0 Å². The number of nitrogens with zero attached hydrogens (tertiary/aromatic N) is 6. The summed E-state index contributed by atoms with van der Waals surface area (Å²) in [6.45, 7) is 3.23. The number of benzene rings is 1. The third-order valence-electron chi connectivity index (χ3n) is 4.81. The molecule has 1 aliphatic rings. The molecular formula is C20H20N8O3. The topological polar surface area (TPSA) is 120 Å². The molecule has 2 amide bonds. The van der Waals surface area contributed by atoms with Gasteiger partial charge in [0, 0.05) is 19.2 Å². The van der Waals surface area contributed by atoms with Crippen LogP contribution in [0, 0.1) is 0 Å². The van der Waals surface area contributed by atoms with Crippen LogP contribution >= 0.6 is 0 Å². The van der Waals surface area contributed by atoms with Crippen LogP contribution in [0.25, 0.3) is 16.8 Å². The molecule has 0 bridgehead atoms. The first-order valence-corrected chi connectivity index (χ1v) is 9.88. The molecule has 2 N–H and O–H groups in total. The van der Waals surface area contributed by atoms with Gasteiger partial charge in [0.25, 0.3) is 0 Å². The SMILES string of the molecule is CCn1nnc(CCNC(=O)Nc2cn3cc(-c4ccc5c(c4)OCO5)ccc3n2)n1. The molecule has 0 unspecified atom stereocenters. The number of urea groups is 1. The average molecular weight is 420 g/mol. The number of tetrazole rings is 1. The number of imidazole rings is 1. The smallest absolute Gasteiger partial charge is 0.320 e. The molecule has 1 aliphatic heterocycles. The second kappa shape index (κ2) is 7.94. The van der Waals surface area contributed by atoms with Gasteiger partial charge in [0.05, 0.1) is 12.7 Å². The Bertz CT molecular complexity index is 1250. The van der Waals surface area contributed by atoms with Crippen LogP contribution in [-0.2, 0) is 13.0 Å². The van der Waals surface area contributed by atoms with Gasteiger partial charge in [-0.3, -0.25) is 5.32 Å². The fourth-order valence-electron chi connectivity index (χ4n) is 3.26. The quantitative estimate of drug-likeness (QED) is 0.490. The van der Waals surface area contributed by atoms with Crippen molar-refractivity contribution < 1.29 is 14.3 Å². The zero-order chi connectivity index (χ0) is 21.2. The lowest BCUT2D eigenvalue weighted by Gasteiger charge is -2.04. The Kier molecular flexibility index (Phi) is 4.83. The molecule has 4 aromatic rings. The number of pyridine rings is 1. The Balaban J connectivity index is 1.23. The first-order valence-electron chi connectivity index (χ1n) is 9.88. The lowest BCUT2D eigenvalue weighted by molar-refractivity contribution is 0.174. The molecule has 0 atom stereocenters. The second-order valence-electron chi connectivity index (χ2n) is 6.90. The van der Waals surface area contributed by atoms with Crippen molar-refractivity contribution in [3.05, 3.63) is 48.5 Å². The highest BCUT2D eigenvalue weighted by molar-refractivity contribution is 5.88. The number of aryl methyl sites for hydroxylation is 1. The molecule has 0 spiro atoms. The number of fused-ring (bicyclic) bond motifs is 2. The highest BCUT2D eigenvalue weighted by atomic mass is 16.7. The molecule has 11 nitrogen and oxygen atoms in total. The van der Waals surface area contributed by atoms with E-state index in [1.807, 2.05) is 47.9 Å². The van der Waals surface area contributed by atoms with E-state index >= 15 is 0 Å². The van der Waals surface area contributed by atoms with Crippen molar-refractivity contribution in [2.45, 2.75) is 19.9 Å². The van der Waals surface area contributed by atoms with Crippen LogP contribution in [0.3, 0.4) is 0 Å². The molecular weight excluding hydrogens is 400 g/mol. The molecule has 1 aromatic carbocycles. The third kappa shape index (κ3) is 3.97. The summed E-state index contributed by atoms with van der Waals surface area (Å²) in [6, 6.07) is 9.34. The van der Waals surface area contributed by atoms with E-state index in [1.54, 1.807) is 6.20 Å². The first-order chi connectivity index (χ1) is 15.2. The second-order valence-corrected chi connectivity index (χ2v) is 6.90. The maximum absolute atomic E-state index is 12.2. The summed E-state index contributed by atoms with van der Waals surface area (Å²) in [4.78, 5) is 18.1. The van der Waals surface area contributed by atoms with Crippen LogP contribution in [0.4, 0.5) is 10.6 Å². The van der Waals surface area contributed by atoms with E-state index in [9.17, 15) is 4.79 Å². The van der Waals surface area contributed by atoms with E-state index in [4.69, 9.17) is 9.47 Å². The lowest BCUT2D eigenvalue weighted by atomic mass is 10.1. The summed E-state index contributed by atoms with van der Waals surface area (Å²) in [5, 5.41) is 17.5. The Morgan fingerprint density at radius 2 is 2.00 bits per heavy atom. The normalized spacial score (nSPS) is 12.3. The molecule has 0 saturated carbocycles. The van der Waals surface area contributed by atoms with Crippen LogP contribution in [0.2, 0.25) is 0 Å². The van der Waals surface area contributed by atoms with Crippen LogP contribution in [0.1, 0.15) is 12.7 Å². The maximum Gasteiger partial charge on any atom is 0.320 e. The molecule has 158 valence electrons. The number of hydrogen-bond donors (Lipinski definition) is 2. The van der Waals surface area contributed by atoms with Gasteiger partial charge in [-0.25, -0.2) is 9.78 Å². The Morgan fingerprint density at radius 1 is 1.13 bits per heavy atom. The van der Waals surface area contributed by atoms with Gasteiger partial charge in [0.1, 0.15) is 5.65 Å². The Labute approximate surface area is 177 Å². The monoisotopic (exact) mass is 420 g/mol. The fraction of sp³-hybridized carbons (Fsp3) is 0.250. The van der Waals surface area contributed by atoms with Crippen molar-refractivity contribution in [3.63, 3.8) is 0 Å². The molecule has 0 aliphatic carbocycles. The lowest BCUT2D eigenvalue weighted by Crippen LogP contribution is -2.30. The first kappa shape index (κ1) is 18.9. The number of rotatable bonds is 6. The number of amides is 2. The minimum Gasteiger partial charge on any atom is -0.454 e. The molecule has 3 aromatic heterocycles. The predicted molar refractivity (Wildman–Crippen MR) is 111 cm³/mol. The average Bonchev–Trinajstić information content (AvgIpc) is 3.51. The zero-order valence-electron chi connectivity index (χ0n) is 16.8. The minimum atomic E-state index is -0.345. The third-order valence-corrected chi connectivity index (χ3v) is 4.81. The van der Waals surface area contributed by atoms with Crippen molar-refractivity contribution in [1.29, 1.82) is 0 Å². The minimum absolute atomic E-state index is 0.242. The standard InChI is InChI=1S/C20H20N8O3/c1-2-28-25-17(24-26-28)7-8-21-20(29)23-18-11-27-10-14(4-6-19(27)22-18)13-3-5-15-16(9-13)31-12-30-15/h3-6,9-11H,2,7-8,12H2,1H3,(H2,21,23,29). The molecule has 5 rings (SSSR count). The maximum atomic E-state index is 12.2. The fourth-order valence-corrected chi connectivity index (χ4v) is 3.26. The summed E-state index contributed by atoms with van der Waals surface area (Å²) in [7, 11) is 0. The summed E-state index contributed by atoms with van der Waals surface area (Å²) < 4.78 is 12.7. The summed E-state index contributed by atoms with van der Waals surface area (Å²) in [5.74, 6) is 2.52. The molecule has 4 heterocycles. The highest BCUT2D eigenvalue weighted by Gasteiger charge is 2.14. The summed E-state index contributed by atoms with van der Waals surface area (Å²) in [5.41, 5.74) is 2.72. The van der Waals surface area contributed by atoms with Crippen molar-refractivity contribution in [2.75, 3.05) is 18.7 Å². The molecule has 0 fully saturated rings. The van der Waals surface area contributed by atoms with Gasteiger partial charge >= 0.3 is 6.03 Å². The number of carbonyl (C=O) groups excluding carboxylic acids is 1. The van der Waals surface area contributed by atoms with E-state index in [0.29, 0.717) is 31.2 Å². The molecule has 11 heteroatoms. The van der Waals surface area contributed by atoms with Crippen molar-refractivity contribution in [3.8, 4) is 22.6 Å². The number of aromatic nitrogens is 6. The number of hydrogen-bond acceptors (Lipinski definition) is 7. The van der Waals surface area contributed by atoms with E-state index in [2.05, 4.69) is 31.0 Å². The Hall–Kier alpha value is -4.15. The van der Waals surface area contributed by atoms with Crippen LogP contribution < -0.4 is 20.1 Å². The van der Waals surface area contributed by atoms with Gasteiger partial charge < -0.3 is 19.2 Å². The van der Waals surface area contributed by atoms with Crippen molar-refractivity contribution in [2.24, 2.45) is 0 Å². The highest BCUT2D eigenvalue weighted by Crippen LogP contribution is 2.35. The molecule has 0 radical (unpaired) electrons.